The average molecular weight is 369 g/mol. The van der Waals surface area contributed by atoms with Crippen LogP contribution in [0.4, 0.5) is 10.1 Å². The molecule has 0 saturated heterocycles. The number of amides is 1. The van der Waals surface area contributed by atoms with E-state index < -0.39 is 21.7 Å². The molecule has 2 rings (SSSR count). The maximum Gasteiger partial charge on any atom is 0.261 e. The number of hydrogen-bond acceptors (Lipinski definition) is 3. The lowest BCUT2D eigenvalue weighted by Crippen LogP contribution is -2.23. The SMILES string of the molecule is C=CCNC(=O)c1cccc(S(=O)(=O)Nc2ccc(F)c(Cl)c2)c1. The Hall–Kier alpha value is -2.38. The van der Waals surface area contributed by atoms with Crippen molar-refractivity contribution in [2.75, 3.05) is 11.3 Å². The van der Waals surface area contributed by atoms with E-state index in [0.29, 0.717) is 0 Å². The van der Waals surface area contributed by atoms with Crippen LogP contribution in [-0.2, 0) is 10.0 Å². The zero-order valence-corrected chi connectivity index (χ0v) is 14.0. The van der Waals surface area contributed by atoms with E-state index >= 15 is 0 Å². The molecule has 0 atom stereocenters. The number of nitrogens with one attached hydrogen (secondary N) is 2. The van der Waals surface area contributed by atoms with Crippen LogP contribution in [0.5, 0.6) is 0 Å². The molecule has 0 radical (unpaired) electrons. The van der Waals surface area contributed by atoms with Gasteiger partial charge in [-0.05, 0) is 36.4 Å². The van der Waals surface area contributed by atoms with Gasteiger partial charge in [0.15, 0.2) is 0 Å². The number of rotatable bonds is 6. The molecule has 0 aliphatic heterocycles. The van der Waals surface area contributed by atoms with Crippen molar-refractivity contribution in [3.05, 3.63) is 71.5 Å². The van der Waals surface area contributed by atoms with Crippen LogP contribution in [0.3, 0.4) is 0 Å². The first kappa shape index (κ1) is 18.0. The molecule has 24 heavy (non-hydrogen) atoms. The quantitative estimate of drug-likeness (QED) is 0.769. The molecule has 0 saturated carbocycles. The molecule has 8 heteroatoms. The highest BCUT2D eigenvalue weighted by atomic mass is 35.5. The van der Waals surface area contributed by atoms with Crippen LogP contribution < -0.4 is 10.0 Å². The summed E-state index contributed by atoms with van der Waals surface area (Å²) in [5.74, 6) is -1.07. The first-order chi connectivity index (χ1) is 11.3. The lowest BCUT2D eigenvalue weighted by Gasteiger charge is -2.10. The third-order valence-electron chi connectivity index (χ3n) is 2.99. The summed E-state index contributed by atoms with van der Waals surface area (Å²) in [5, 5.41) is 2.36. The molecular formula is C16H14ClFN2O3S. The minimum Gasteiger partial charge on any atom is -0.349 e. The lowest BCUT2D eigenvalue weighted by molar-refractivity contribution is 0.0958. The van der Waals surface area contributed by atoms with E-state index in [1.807, 2.05) is 0 Å². The van der Waals surface area contributed by atoms with Gasteiger partial charge in [-0.25, -0.2) is 12.8 Å². The summed E-state index contributed by atoms with van der Waals surface area (Å²) in [6.07, 6.45) is 1.51. The molecule has 1 amide bonds. The zero-order chi connectivity index (χ0) is 17.7. The summed E-state index contributed by atoms with van der Waals surface area (Å²) in [4.78, 5) is 11.8. The molecule has 0 fully saturated rings. The third-order valence-corrected chi connectivity index (χ3v) is 4.65. The van der Waals surface area contributed by atoms with Crippen LogP contribution in [-0.4, -0.2) is 20.9 Å². The van der Waals surface area contributed by atoms with Crippen molar-refractivity contribution in [3.63, 3.8) is 0 Å². The van der Waals surface area contributed by atoms with Gasteiger partial charge in [-0.1, -0.05) is 23.7 Å². The van der Waals surface area contributed by atoms with Crippen molar-refractivity contribution in [1.29, 1.82) is 0 Å². The topological polar surface area (TPSA) is 75.3 Å². The van der Waals surface area contributed by atoms with Crippen LogP contribution in [0.2, 0.25) is 5.02 Å². The Morgan fingerprint density at radius 3 is 2.67 bits per heavy atom. The smallest absolute Gasteiger partial charge is 0.261 e. The highest BCUT2D eigenvalue weighted by Crippen LogP contribution is 2.22. The van der Waals surface area contributed by atoms with Gasteiger partial charge in [0.25, 0.3) is 15.9 Å². The molecule has 126 valence electrons. The van der Waals surface area contributed by atoms with E-state index in [9.17, 15) is 17.6 Å². The van der Waals surface area contributed by atoms with E-state index in [-0.39, 0.29) is 27.7 Å². The van der Waals surface area contributed by atoms with Crippen LogP contribution in [0.15, 0.2) is 60.0 Å². The number of anilines is 1. The van der Waals surface area contributed by atoms with Crippen molar-refractivity contribution in [3.8, 4) is 0 Å². The molecule has 0 heterocycles. The summed E-state index contributed by atoms with van der Waals surface area (Å²) in [6, 6.07) is 9.00. The molecule has 0 aliphatic carbocycles. The van der Waals surface area contributed by atoms with E-state index in [1.54, 1.807) is 0 Å². The average Bonchev–Trinajstić information content (AvgIpc) is 2.56. The molecular weight excluding hydrogens is 355 g/mol. The van der Waals surface area contributed by atoms with Gasteiger partial charge in [-0.2, -0.15) is 0 Å². The molecule has 2 N–H and O–H groups in total. The van der Waals surface area contributed by atoms with E-state index in [0.717, 1.165) is 12.1 Å². The van der Waals surface area contributed by atoms with Crippen molar-refractivity contribution in [1.82, 2.24) is 5.32 Å². The van der Waals surface area contributed by atoms with Crippen LogP contribution in [0.1, 0.15) is 10.4 Å². The Morgan fingerprint density at radius 1 is 1.25 bits per heavy atom. The van der Waals surface area contributed by atoms with Gasteiger partial charge in [0.2, 0.25) is 0 Å². The second kappa shape index (κ2) is 7.46. The molecule has 0 unspecified atom stereocenters. The van der Waals surface area contributed by atoms with Crippen molar-refractivity contribution >= 4 is 33.2 Å². The molecule has 0 aromatic heterocycles. The van der Waals surface area contributed by atoms with Gasteiger partial charge in [0.05, 0.1) is 15.6 Å². The predicted octanol–water partition coefficient (Wildman–Crippen LogP) is 3.20. The maximum absolute atomic E-state index is 13.1. The van der Waals surface area contributed by atoms with Gasteiger partial charge >= 0.3 is 0 Å². The zero-order valence-electron chi connectivity index (χ0n) is 12.4. The monoisotopic (exact) mass is 368 g/mol. The maximum atomic E-state index is 13.1. The largest absolute Gasteiger partial charge is 0.349 e. The number of halogens is 2. The number of sulfonamides is 1. The second-order valence-corrected chi connectivity index (χ2v) is 6.85. The first-order valence-corrected chi connectivity index (χ1v) is 8.66. The Labute approximate surface area is 144 Å². The molecule has 0 aliphatic rings. The van der Waals surface area contributed by atoms with Gasteiger partial charge in [-0.3, -0.25) is 9.52 Å². The molecule has 5 nitrogen and oxygen atoms in total. The number of carbonyl (C=O) groups is 1. The molecule has 0 spiro atoms. The first-order valence-electron chi connectivity index (χ1n) is 6.80. The standard InChI is InChI=1S/C16H14ClFN2O3S/c1-2-8-19-16(21)11-4-3-5-13(9-11)24(22,23)20-12-6-7-15(18)14(17)10-12/h2-7,9-10,20H,1,8H2,(H,19,21). The fraction of sp³-hybridized carbons (Fsp3) is 0.0625. The molecule has 0 bridgehead atoms. The Balaban J connectivity index is 2.27. The fourth-order valence-electron chi connectivity index (χ4n) is 1.85. The molecule has 2 aromatic carbocycles. The summed E-state index contributed by atoms with van der Waals surface area (Å²) >= 11 is 5.63. The minimum atomic E-state index is -3.95. The van der Waals surface area contributed by atoms with Gasteiger partial charge in [0.1, 0.15) is 5.82 Å². The van der Waals surface area contributed by atoms with Gasteiger partial charge in [0, 0.05) is 12.1 Å². The van der Waals surface area contributed by atoms with Crippen LogP contribution in [0, 0.1) is 5.82 Å². The molecule has 2 aromatic rings. The Kier molecular flexibility index (Phi) is 5.58. The van der Waals surface area contributed by atoms with E-state index in [1.165, 1.54) is 36.4 Å². The number of benzene rings is 2. The lowest BCUT2D eigenvalue weighted by atomic mass is 10.2. The second-order valence-electron chi connectivity index (χ2n) is 4.76. The normalized spacial score (nSPS) is 10.9. The van der Waals surface area contributed by atoms with Crippen molar-refractivity contribution in [2.24, 2.45) is 0 Å². The van der Waals surface area contributed by atoms with Gasteiger partial charge < -0.3 is 5.32 Å². The third kappa shape index (κ3) is 4.33. The summed E-state index contributed by atoms with van der Waals surface area (Å²) in [7, 11) is -3.95. The number of hydrogen-bond donors (Lipinski definition) is 2. The Bertz CT molecular complexity index is 885. The number of carbonyl (C=O) groups excluding carboxylic acids is 1. The summed E-state index contributed by atoms with van der Waals surface area (Å²) in [6.45, 7) is 3.75. The summed E-state index contributed by atoms with van der Waals surface area (Å²) < 4.78 is 40.2. The van der Waals surface area contributed by atoms with Crippen molar-refractivity contribution < 1.29 is 17.6 Å². The summed E-state index contributed by atoms with van der Waals surface area (Å²) in [5.41, 5.74) is 0.305. The van der Waals surface area contributed by atoms with Crippen molar-refractivity contribution in [2.45, 2.75) is 4.90 Å². The fourth-order valence-corrected chi connectivity index (χ4v) is 3.12. The van der Waals surface area contributed by atoms with E-state index in [4.69, 9.17) is 11.6 Å². The highest BCUT2D eigenvalue weighted by Gasteiger charge is 2.17. The predicted molar refractivity (Wildman–Crippen MR) is 91.2 cm³/mol. The minimum absolute atomic E-state index is 0.103. The van der Waals surface area contributed by atoms with Crippen LogP contribution in [0.25, 0.3) is 0 Å². The Morgan fingerprint density at radius 2 is 2.00 bits per heavy atom. The highest BCUT2D eigenvalue weighted by molar-refractivity contribution is 7.92. The van der Waals surface area contributed by atoms with Gasteiger partial charge in [-0.15, -0.1) is 6.58 Å². The van der Waals surface area contributed by atoms with E-state index in [2.05, 4.69) is 16.6 Å². The van der Waals surface area contributed by atoms with Crippen LogP contribution >= 0.6 is 11.6 Å².